The Morgan fingerprint density at radius 2 is 1.92 bits per heavy atom. The number of nitrogens with zero attached hydrogens (tertiary/aromatic N) is 2. The standard InChI is InChI=1S/C19H24N4O/c24-14-15-1-2-19-18(11-15)16(12-21-19)4-6-22-7-9-23(10-8-22)17-3-5-20-13-17/h1-3,5,11-13,20-21,24H,4,6-10,14H2. The summed E-state index contributed by atoms with van der Waals surface area (Å²) in [6.45, 7) is 5.56. The number of anilines is 1. The van der Waals surface area contributed by atoms with Crippen molar-refractivity contribution in [2.75, 3.05) is 37.6 Å². The maximum absolute atomic E-state index is 9.34. The number of aromatic nitrogens is 2. The molecule has 3 heterocycles. The average Bonchev–Trinajstić information content (AvgIpc) is 3.30. The SMILES string of the molecule is OCc1ccc2[nH]cc(CCN3CCN(c4cc[nH]c4)CC3)c2c1. The number of rotatable bonds is 5. The predicted molar refractivity (Wildman–Crippen MR) is 97.4 cm³/mol. The highest BCUT2D eigenvalue weighted by molar-refractivity contribution is 5.83. The van der Waals surface area contributed by atoms with Gasteiger partial charge in [0.1, 0.15) is 0 Å². The maximum atomic E-state index is 9.34. The highest BCUT2D eigenvalue weighted by Gasteiger charge is 2.17. The van der Waals surface area contributed by atoms with Gasteiger partial charge in [-0.25, -0.2) is 0 Å². The normalized spacial score (nSPS) is 16.1. The Bertz CT molecular complexity index is 785. The molecule has 4 rings (SSSR count). The van der Waals surface area contributed by atoms with Crippen LogP contribution in [0.1, 0.15) is 11.1 Å². The lowest BCUT2D eigenvalue weighted by molar-refractivity contribution is 0.261. The van der Waals surface area contributed by atoms with E-state index in [0.29, 0.717) is 0 Å². The predicted octanol–water partition coefficient (Wildman–Crippen LogP) is 2.35. The quantitative estimate of drug-likeness (QED) is 0.675. The monoisotopic (exact) mass is 324 g/mol. The molecule has 0 saturated carbocycles. The number of nitrogens with one attached hydrogen (secondary N) is 2. The number of aliphatic hydroxyl groups excluding tert-OH is 1. The molecule has 5 nitrogen and oxygen atoms in total. The van der Waals surface area contributed by atoms with Crippen LogP contribution in [0.2, 0.25) is 0 Å². The minimum atomic E-state index is 0.0989. The summed E-state index contributed by atoms with van der Waals surface area (Å²) in [7, 11) is 0. The van der Waals surface area contributed by atoms with Crippen molar-refractivity contribution < 1.29 is 5.11 Å². The third-order valence-electron chi connectivity index (χ3n) is 5.03. The molecule has 1 aromatic carbocycles. The summed E-state index contributed by atoms with van der Waals surface area (Å²) in [5, 5.41) is 10.6. The maximum Gasteiger partial charge on any atom is 0.0682 e. The van der Waals surface area contributed by atoms with Crippen molar-refractivity contribution >= 4 is 16.6 Å². The molecule has 0 aliphatic carbocycles. The first-order valence-electron chi connectivity index (χ1n) is 8.63. The lowest BCUT2D eigenvalue weighted by atomic mass is 10.1. The van der Waals surface area contributed by atoms with Gasteiger partial charge in [0.15, 0.2) is 0 Å². The molecule has 1 fully saturated rings. The van der Waals surface area contributed by atoms with Gasteiger partial charge in [0, 0.05) is 62.2 Å². The molecule has 0 amide bonds. The molecule has 2 aromatic heterocycles. The zero-order chi connectivity index (χ0) is 16.4. The Morgan fingerprint density at radius 1 is 1.04 bits per heavy atom. The van der Waals surface area contributed by atoms with Crippen LogP contribution in [0.5, 0.6) is 0 Å². The second-order valence-electron chi connectivity index (χ2n) is 6.50. The third kappa shape index (κ3) is 3.05. The Hall–Kier alpha value is -2.24. The first-order chi connectivity index (χ1) is 11.8. The van der Waals surface area contributed by atoms with E-state index in [1.165, 1.54) is 16.6 Å². The molecule has 0 spiro atoms. The van der Waals surface area contributed by atoms with Crippen LogP contribution >= 0.6 is 0 Å². The van der Waals surface area contributed by atoms with E-state index in [4.69, 9.17) is 0 Å². The van der Waals surface area contributed by atoms with Gasteiger partial charge in [-0.2, -0.15) is 0 Å². The fourth-order valence-corrected chi connectivity index (χ4v) is 3.55. The summed E-state index contributed by atoms with van der Waals surface area (Å²) in [5.41, 5.74) is 4.76. The molecule has 3 aromatic rings. The van der Waals surface area contributed by atoms with Gasteiger partial charge in [-0.1, -0.05) is 6.07 Å². The lowest BCUT2D eigenvalue weighted by Gasteiger charge is -2.35. The zero-order valence-electron chi connectivity index (χ0n) is 13.8. The Labute approximate surface area is 141 Å². The van der Waals surface area contributed by atoms with E-state index in [1.807, 2.05) is 12.3 Å². The molecule has 5 heteroatoms. The number of H-pyrrole nitrogens is 2. The number of piperazine rings is 1. The van der Waals surface area contributed by atoms with E-state index in [0.717, 1.165) is 50.2 Å². The van der Waals surface area contributed by atoms with E-state index in [-0.39, 0.29) is 6.61 Å². The molecule has 1 aliphatic rings. The van der Waals surface area contributed by atoms with Crippen molar-refractivity contribution in [2.45, 2.75) is 13.0 Å². The Kier molecular flexibility index (Phi) is 4.28. The van der Waals surface area contributed by atoms with Gasteiger partial charge in [0.05, 0.1) is 12.3 Å². The van der Waals surface area contributed by atoms with Gasteiger partial charge in [-0.3, -0.25) is 4.90 Å². The molecule has 1 saturated heterocycles. The summed E-state index contributed by atoms with van der Waals surface area (Å²) in [6.07, 6.45) is 7.21. The van der Waals surface area contributed by atoms with Crippen LogP contribution in [0.25, 0.3) is 10.9 Å². The summed E-state index contributed by atoms with van der Waals surface area (Å²) in [6, 6.07) is 8.27. The largest absolute Gasteiger partial charge is 0.392 e. The topological polar surface area (TPSA) is 58.3 Å². The van der Waals surface area contributed by atoms with Crippen LogP contribution in [0, 0.1) is 0 Å². The zero-order valence-corrected chi connectivity index (χ0v) is 13.8. The highest BCUT2D eigenvalue weighted by atomic mass is 16.3. The van der Waals surface area contributed by atoms with Gasteiger partial charge in [0.2, 0.25) is 0 Å². The summed E-state index contributed by atoms with van der Waals surface area (Å²) in [4.78, 5) is 11.4. The van der Waals surface area contributed by atoms with Gasteiger partial charge < -0.3 is 20.0 Å². The molecule has 1 aliphatic heterocycles. The van der Waals surface area contributed by atoms with E-state index in [2.05, 4.69) is 50.4 Å². The average molecular weight is 324 g/mol. The van der Waals surface area contributed by atoms with Crippen molar-refractivity contribution in [3.05, 3.63) is 54.0 Å². The van der Waals surface area contributed by atoms with Gasteiger partial charge >= 0.3 is 0 Å². The van der Waals surface area contributed by atoms with Crippen LogP contribution in [0.3, 0.4) is 0 Å². The van der Waals surface area contributed by atoms with Crippen LogP contribution in [0.4, 0.5) is 5.69 Å². The number of hydrogen-bond donors (Lipinski definition) is 3. The van der Waals surface area contributed by atoms with E-state index in [1.54, 1.807) is 0 Å². The van der Waals surface area contributed by atoms with Gasteiger partial charge in [0.25, 0.3) is 0 Å². The molecular formula is C19H24N4O. The van der Waals surface area contributed by atoms with Crippen LogP contribution in [0.15, 0.2) is 42.9 Å². The number of fused-ring (bicyclic) bond motifs is 1. The van der Waals surface area contributed by atoms with Crippen LogP contribution in [-0.2, 0) is 13.0 Å². The number of benzene rings is 1. The van der Waals surface area contributed by atoms with Crippen molar-refractivity contribution in [1.29, 1.82) is 0 Å². The van der Waals surface area contributed by atoms with Gasteiger partial charge in [-0.05, 0) is 35.7 Å². The first-order valence-corrected chi connectivity index (χ1v) is 8.63. The molecule has 3 N–H and O–H groups in total. The molecule has 0 radical (unpaired) electrons. The fraction of sp³-hybridized carbons (Fsp3) is 0.368. The smallest absolute Gasteiger partial charge is 0.0682 e. The second-order valence-corrected chi connectivity index (χ2v) is 6.50. The van der Waals surface area contributed by atoms with Crippen molar-refractivity contribution in [2.24, 2.45) is 0 Å². The molecule has 0 bridgehead atoms. The van der Waals surface area contributed by atoms with Crippen LogP contribution in [-0.4, -0.2) is 52.7 Å². The number of aromatic amines is 2. The minimum Gasteiger partial charge on any atom is -0.392 e. The minimum absolute atomic E-state index is 0.0989. The highest BCUT2D eigenvalue weighted by Crippen LogP contribution is 2.21. The molecular weight excluding hydrogens is 300 g/mol. The summed E-state index contributed by atoms with van der Waals surface area (Å²) >= 11 is 0. The molecule has 126 valence electrons. The lowest BCUT2D eigenvalue weighted by Crippen LogP contribution is -2.46. The fourth-order valence-electron chi connectivity index (χ4n) is 3.55. The van der Waals surface area contributed by atoms with Crippen molar-refractivity contribution in [1.82, 2.24) is 14.9 Å². The van der Waals surface area contributed by atoms with Crippen molar-refractivity contribution in [3.8, 4) is 0 Å². The summed E-state index contributed by atoms with van der Waals surface area (Å²) in [5.74, 6) is 0. The van der Waals surface area contributed by atoms with Crippen molar-refractivity contribution in [3.63, 3.8) is 0 Å². The Morgan fingerprint density at radius 3 is 2.67 bits per heavy atom. The summed E-state index contributed by atoms with van der Waals surface area (Å²) < 4.78 is 0. The van der Waals surface area contributed by atoms with E-state index >= 15 is 0 Å². The van der Waals surface area contributed by atoms with E-state index in [9.17, 15) is 5.11 Å². The number of hydrogen-bond acceptors (Lipinski definition) is 3. The van der Waals surface area contributed by atoms with E-state index < -0.39 is 0 Å². The number of aliphatic hydroxyl groups is 1. The Balaban J connectivity index is 1.36. The van der Waals surface area contributed by atoms with Gasteiger partial charge in [-0.15, -0.1) is 0 Å². The van der Waals surface area contributed by atoms with Crippen LogP contribution < -0.4 is 4.90 Å². The molecule has 24 heavy (non-hydrogen) atoms. The molecule has 0 atom stereocenters. The molecule has 0 unspecified atom stereocenters. The third-order valence-corrected chi connectivity index (χ3v) is 5.03. The second kappa shape index (κ2) is 6.71. The first kappa shape index (κ1) is 15.3.